The molecule has 0 aliphatic heterocycles. The van der Waals surface area contributed by atoms with Crippen molar-refractivity contribution in [2.24, 2.45) is 46.3 Å². The molecule has 0 saturated heterocycles. The van der Waals surface area contributed by atoms with Gasteiger partial charge in [0.2, 0.25) is 5.91 Å². The van der Waals surface area contributed by atoms with E-state index in [9.17, 15) is 9.59 Å². The molecule has 3 fully saturated rings. The van der Waals surface area contributed by atoms with Crippen molar-refractivity contribution in [2.45, 2.75) is 131 Å². The predicted molar refractivity (Wildman–Crippen MR) is 212 cm³/mol. The third-order valence-electron chi connectivity index (χ3n) is 14.7. The highest BCUT2D eigenvalue weighted by Gasteiger charge is 2.59. The van der Waals surface area contributed by atoms with Crippen molar-refractivity contribution in [2.75, 3.05) is 11.4 Å². The molecule has 4 aliphatic rings. The van der Waals surface area contributed by atoms with E-state index in [-0.39, 0.29) is 23.4 Å². The molecule has 274 valence electrons. The minimum absolute atomic E-state index is 0.00934. The summed E-state index contributed by atoms with van der Waals surface area (Å²) in [6.07, 6.45) is 17.5. The van der Waals surface area contributed by atoms with Crippen molar-refractivity contribution in [1.29, 1.82) is 0 Å². The number of rotatable bonds is 11. The Hall–Kier alpha value is -3.14. The van der Waals surface area contributed by atoms with Gasteiger partial charge in [0, 0.05) is 32.0 Å². The minimum Gasteiger partial charge on any atom is -0.462 e. The molecule has 0 unspecified atom stereocenters. The molecule has 4 nitrogen and oxygen atoms in total. The first kappa shape index (κ1) is 36.2. The summed E-state index contributed by atoms with van der Waals surface area (Å²) in [4.78, 5) is 27.7. The van der Waals surface area contributed by atoms with E-state index in [2.05, 4.69) is 89.2 Å². The number of nitrogens with zero attached hydrogens (tertiary/aromatic N) is 1. The van der Waals surface area contributed by atoms with E-state index in [4.69, 9.17) is 4.74 Å². The van der Waals surface area contributed by atoms with Crippen LogP contribution in [0.1, 0.15) is 125 Å². The molecule has 0 aromatic heterocycles. The molecule has 0 heterocycles. The third kappa shape index (κ3) is 7.15. The standard InChI is InChI=1S/C47H63NO3/c1-31(2)11-9-12-32(3)42-20-21-43-41-19-17-38-30-40(22-24-46(38,5)44(41)23-25-47(42,43)6)51-45(50)15-10-26-48(33(4)49)39-18-16-36-27-34-13-7-8-14-35(34)28-37(36)29-39/h7-8,13-14,16-18,27-29,31-32,40-44H,9-12,15,19-26,30H2,1-6H3/t32-,40+,41+,42-,43+,44+,46+,47-/m1/s1. The second-order valence-corrected chi connectivity index (χ2v) is 18.1. The summed E-state index contributed by atoms with van der Waals surface area (Å²) in [5.74, 6) is 4.86. The van der Waals surface area contributed by atoms with E-state index >= 15 is 0 Å². The third-order valence-corrected chi connectivity index (χ3v) is 14.7. The summed E-state index contributed by atoms with van der Waals surface area (Å²) in [7, 11) is 0. The number of hydrogen-bond donors (Lipinski definition) is 0. The zero-order chi connectivity index (χ0) is 35.9. The summed E-state index contributed by atoms with van der Waals surface area (Å²) < 4.78 is 6.16. The quantitative estimate of drug-likeness (QED) is 0.114. The first-order chi connectivity index (χ1) is 24.5. The number of allylic oxidation sites excluding steroid dienone is 1. The summed E-state index contributed by atoms with van der Waals surface area (Å²) in [6.45, 7) is 14.6. The Balaban J connectivity index is 0.931. The minimum atomic E-state index is -0.126. The largest absolute Gasteiger partial charge is 0.462 e. The Morgan fingerprint density at radius 1 is 0.843 bits per heavy atom. The maximum absolute atomic E-state index is 13.2. The van der Waals surface area contributed by atoms with Crippen LogP contribution < -0.4 is 4.90 Å². The molecule has 0 radical (unpaired) electrons. The lowest BCUT2D eigenvalue weighted by Gasteiger charge is -2.58. The van der Waals surface area contributed by atoms with Crippen LogP contribution in [0.4, 0.5) is 5.69 Å². The van der Waals surface area contributed by atoms with Crippen molar-refractivity contribution in [3.8, 4) is 0 Å². The van der Waals surface area contributed by atoms with Crippen molar-refractivity contribution < 1.29 is 14.3 Å². The number of hydrogen-bond acceptors (Lipinski definition) is 3. The molecule has 3 saturated carbocycles. The van der Waals surface area contributed by atoms with E-state index < -0.39 is 0 Å². The van der Waals surface area contributed by atoms with Crippen LogP contribution in [0.3, 0.4) is 0 Å². The molecule has 0 N–H and O–H groups in total. The van der Waals surface area contributed by atoms with E-state index in [0.29, 0.717) is 24.8 Å². The van der Waals surface area contributed by atoms with Crippen molar-refractivity contribution in [1.82, 2.24) is 0 Å². The molecule has 51 heavy (non-hydrogen) atoms. The summed E-state index contributed by atoms with van der Waals surface area (Å²) in [5, 5.41) is 4.67. The van der Waals surface area contributed by atoms with Crippen molar-refractivity contribution >= 4 is 39.1 Å². The Morgan fingerprint density at radius 3 is 2.33 bits per heavy atom. The van der Waals surface area contributed by atoms with E-state index in [1.807, 2.05) is 6.07 Å². The monoisotopic (exact) mass is 689 g/mol. The Labute approximate surface area is 307 Å². The van der Waals surface area contributed by atoms with Gasteiger partial charge in [-0.25, -0.2) is 0 Å². The lowest BCUT2D eigenvalue weighted by Crippen LogP contribution is -2.51. The van der Waals surface area contributed by atoms with Gasteiger partial charge >= 0.3 is 5.97 Å². The smallest absolute Gasteiger partial charge is 0.306 e. The number of anilines is 1. The molecular weight excluding hydrogens is 627 g/mol. The van der Waals surface area contributed by atoms with Gasteiger partial charge in [-0.15, -0.1) is 0 Å². The van der Waals surface area contributed by atoms with Crippen LogP contribution >= 0.6 is 0 Å². The van der Waals surface area contributed by atoms with E-state index in [1.54, 1.807) is 17.4 Å². The number of fused-ring (bicyclic) bond motifs is 7. The normalized spacial score (nSPS) is 30.7. The lowest BCUT2D eigenvalue weighted by molar-refractivity contribution is -0.151. The molecule has 4 aliphatic carbocycles. The molecule has 3 aromatic rings. The van der Waals surface area contributed by atoms with Gasteiger partial charge in [-0.1, -0.05) is 95.9 Å². The molecule has 0 spiro atoms. The summed E-state index contributed by atoms with van der Waals surface area (Å²) in [6, 6.07) is 19.0. The maximum atomic E-state index is 13.2. The fourth-order valence-corrected chi connectivity index (χ4v) is 11.9. The maximum Gasteiger partial charge on any atom is 0.306 e. The zero-order valence-electron chi connectivity index (χ0n) is 32.4. The predicted octanol–water partition coefficient (Wildman–Crippen LogP) is 12.1. The van der Waals surface area contributed by atoms with Gasteiger partial charge in [0.05, 0.1) is 0 Å². The van der Waals surface area contributed by atoms with Gasteiger partial charge in [0.25, 0.3) is 0 Å². The molecule has 7 rings (SSSR count). The first-order valence-electron chi connectivity index (χ1n) is 20.6. The fourth-order valence-electron chi connectivity index (χ4n) is 11.9. The average Bonchev–Trinajstić information content (AvgIpc) is 3.46. The van der Waals surface area contributed by atoms with Crippen LogP contribution in [0.25, 0.3) is 21.5 Å². The molecule has 0 bridgehead atoms. The van der Waals surface area contributed by atoms with E-state index in [0.717, 1.165) is 71.2 Å². The van der Waals surface area contributed by atoms with Gasteiger partial charge < -0.3 is 9.64 Å². The van der Waals surface area contributed by atoms with Crippen LogP contribution in [0.5, 0.6) is 0 Å². The molecule has 1 amide bonds. The second-order valence-electron chi connectivity index (χ2n) is 18.1. The van der Waals surface area contributed by atoms with Gasteiger partial charge in [-0.3, -0.25) is 9.59 Å². The SMILES string of the molecule is CC(=O)N(CCCC(=O)O[C@H]1CC[C@@]2(C)C(=CC[C@H]3[C@@H]4CC[C@H]([C@H](C)CCCC(C)C)[C@@]4(C)CC[C@@H]32)C1)c1ccc2cc3ccccc3cc2c1. The van der Waals surface area contributed by atoms with Gasteiger partial charge in [0.1, 0.15) is 6.10 Å². The van der Waals surface area contributed by atoms with Crippen LogP contribution in [-0.4, -0.2) is 24.5 Å². The molecular formula is C47H63NO3. The van der Waals surface area contributed by atoms with Crippen LogP contribution in [0.15, 0.2) is 66.2 Å². The number of ether oxygens (including phenoxy) is 1. The summed E-state index contributed by atoms with van der Waals surface area (Å²) >= 11 is 0. The Morgan fingerprint density at radius 2 is 1.59 bits per heavy atom. The van der Waals surface area contributed by atoms with Gasteiger partial charge in [-0.2, -0.15) is 0 Å². The Bertz CT molecular complexity index is 1770. The highest BCUT2D eigenvalue weighted by atomic mass is 16.5. The second kappa shape index (κ2) is 14.7. The number of esters is 1. The van der Waals surface area contributed by atoms with Crippen molar-refractivity contribution in [3.05, 3.63) is 66.2 Å². The number of carbonyl (C=O) groups is 2. The highest BCUT2D eigenvalue weighted by molar-refractivity contribution is 6.01. The average molecular weight is 690 g/mol. The fraction of sp³-hybridized carbons (Fsp3) is 0.617. The van der Waals surface area contributed by atoms with Crippen LogP contribution in [0.2, 0.25) is 0 Å². The number of benzene rings is 3. The van der Waals surface area contributed by atoms with Crippen LogP contribution in [0, 0.1) is 46.3 Å². The van der Waals surface area contributed by atoms with Gasteiger partial charge in [-0.05, 0) is 144 Å². The first-order valence-corrected chi connectivity index (χ1v) is 20.6. The van der Waals surface area contributed by atoms with Crippen LogP contribution in [-0.2, 0) is 14.3 Å². The van der Waals surface area contributed by atoms with E-state index in [1.165, 1.54) is 62.1 Å². The highest BCUT2D eigenvalue weighted by Crippen LogP contribution is 2.67. The molecule has 3 aromatic carbocycles. The summed E-state index contributed by atoms with van der Waals surface area (Å²) in [5.41, 5.74) is 3.20. The zero-order valence-corrected chi connectivity index (χ0v) is 32.4. The topological polar surface area (TPSA) is 46.6 Å². The van der Waals surface area contributed by atoms with Gasteiger partial charge in [0.15, 0.2) is 0 Å². The Kier molecular flexibility index (Phi) is 10.4. The number of carbonyl (C=O) groups excluding carboxylic acids is 2. The number of amides is 1. The molecule has 8 atom stereocenters. The lowest BCUT2D eigenvalue weighted by atomic mass is 9.47. The van der Waals surface area contributed by atoms with Crippen molar-refractivity contribution in [3.63, 3.8) is 0 Å². The molecule has 4 heteroatoms.